The molecule has 5 heteroatoms. The van der Waals surface area contributed by atoms with Crippen LogP contribution >= 0.6 is 15.9 Å². The maximum atomic E-state index is 12.9. The Morgan fingerprint density at radius 1 is 1.10 bits per heavy atom. The summed E-state index contributed by atoms with van der Waals surface area (Å²) in [4.78, 5) is 12.9. The van der Waals surface area contributed by atoms with E-state index in [-0.39, 0.29) is 5.91 Å². The molecule has 0 saturated carbocycles. The number of benzene rings is 2. The minimum Gasteiger partial charge on any atom is -0.268 e. The molecule has 0 heterocycles. The first-order valence-electron chi connectivity index (χ1n) is 6.24. The van der Waals surface area contributed by atoms with E-state index in [2.05, 4.69) is 22.5 Å². The summed E-state index contributed by atoms with van der Waals surface area (Å²) in [6.07, 6.45) is 0. The van der Waals surface area contributed by atoms with Crippen LogP contribution in [0.2, 0.25) is 0 Å². The Morgan fingerprint density at radius 2 is 1.67 bits per heavy atom. The summed E-state index contributed by atoms with van der Waals surface area (Å²) in [6, 6.07) is 16.1. The van der Waals surface area contributed by atoms with E-state index in [0.29, 0.717) is 20.6 Å². The second kappa shape index (κ2) is 6.83. The van der Waals surface area contributed by atoms with E-state index in [0.717, 1.165) is 0 Å². The standard InChI is InChI=1S/C16H14BrNO2S/c1-12(2)16(19)18(13-8-4-3-5-9-13)21(20)15-11-7-6-10-14(15)17/h3-11H,1H2,2H3/t21-/m0/s1. The van der Waals surface area contributed by atoms with Gasteiger partial charge in [0.2, 0.25) is 0 Å². The summed E-state index contributed by atoms with van der Waals surface area (Å²) in [5.41, 5.74) is 0.902. The van der Waals surface area contributed by atoms with Gasteiger partial charge in [-0.05, 0) is 47.1 Å². The number of carbonyl (C=O) groups excluding carboxylic acids is 1. The second-order valence-corrected chi connectivity index (χ2v) is 6.55. The van der Waals surface area contributed by atoms with Gasteiger partial charge >= 0.3 is 0 Å². The van der Waals surface area contributed by atoms with Crippen molar-refractivity contribution in [3.63, 3.8) is 0 Å². The summed E-state index contributed by atoms with van der Waals surface area (Å²) in [7, 11) is -1.66. The molecule has 0 saturated heterocycles. The molecule has 0 N–H and O–H groups in total. The molecule has 1 amide bonds. The number of anilines is 1. The lowest BCUT2D eigenvalue weighted by Gasteiger charge is -2.22. The molecule has 108 valence electrons. The Labute approximate surface area is 135 Å². The van der Waals surface area contributed by atoms with Gasteiger partial charge < -0.3 is 0 Å². The Morgan fingerprint density at radius 3 is 2.24 bits per heavy atom. The van der Waals surface area contributed by atoms with Crippen LogP contribution in [0, 0.1) is 0 Å². The lowest BCUT2D eigenvalue weighted by Crippen LogP contribution is -2.33. The van der Waals surface area contributed by atoms with E-state index < -0.39 is 11.0 Å². The average molecular weight is 364 g/mol. The highest BCUT2D eigenvalue weighted by Gasteiger charge is 2.25. The van der Waals surface area contributed by atoms with E-state index in [9.17, 15) is 9.00 Å². The van der Waals surface area contributed by atoms with Crippen LogP contribution in [-0.2, 0) is 15.8 Å². The number of rotatable bonds is 4. The van der Waals surface area contributed by atoms with Crippen LogP contribution in [0.1, 0.15) is 6.92 Å². The first kappa shape index (κ1) is 15.7. The van der Waals surface area contributed by atoms with E-state index in [1.165, 1.54) is 4.31 Å². The number of amides is 1. The normalized spacial score (nSPS) is 11.7. The molecular weight excluding hydrogens is 350 g/mol. The highest BCUT2D eigenvalue weighted by molar-refractivity contribution is 9.10. The van der Waals surface area contributed by atoms with Gasteiger partial charge in [-0.3, -0.25) is 4.79 Å². The molecule has 0 bridgehead atoms. The quantitative estimate of drug-likeness (QED) is 0.767. The molecule has 2 aromatic carbocycles. The fraction of sp³-hybridized carbons (Fsp3) is 0.0625. The third kappa shape index (κ3) is 3.49. The van der Waals surface area contributed by atoms with Crippen molar-refractivity contribution in [1.82, 2.24) is 0 Å². The van der Waals surface area contributed by atoms with E-state index >= 15 is 0 Å². The van der Waals surface area contributed by atoms with Gasteiger partial charge in [0.05, 0.1) is 10.6 Å². The molecule has 3 nitrogen and oxygen atoms in total. The number of carbonyl (C=O) groups is 1. The van der Waals surface area contributed by atoms with Gasteiger partial charge in [0, 0.05) is 10.0 Å². The SMILES string of the molecule is C=C(C)C(=O)N(c1ccccc1)[S@@](=O)c1ccccc1Br. The van der Waals surface area contributed by atoms with Crippen LogP contribution in [0.25, 0.3) is 0 Å². The van der Waals surface area contributed by atoms with Crippen LogP contribution in [-0.4, -0.2) is 10.1 Å². The molecule has 0 aliphatic carbocycles. The predicted molar refractivity (Wildman–Crippen MR) is 89.3 cm³/mol. The van der Waals surface area contributed by atoms with Crippen LogP contribution in [0.5, 0.6) is 0 Å². The number of hydrogen-bond acceptors (Lipinski definition) is 2. The van der Waals surface area contributed by atoms with Crippen LogP contribution < -0.4 is 4.31 Å². The molecule has 0 fully saturated rings. The molecule has 0 radical (unpaired) electrons. The van der Waals surface area contributed by atoms with Gasteiger partial charge in [-0.2, -0.15) is 0 Å². The minimum absolute atomic E-state index is 0.333. The van der Waals surface area contributed by atoms with E-state index in [4.69, 9.17) is 0 Å². The zero-order valence-corrected chi connectivity index (χ0v) is 13.9. The van der Waals surface area contributed by atoms with Crippen molar-refractivity contribution < 1.29 is 9.00 Å². The van der Waals surface area contributed by atoms with Crippen molar-refractivity contribution in [2.24, 2.45) is 0 Å². The molecule has 21 heavy (non-hydrogen) atoms. The first-order valence-corrected chi connectivity index (χ1v) is 8.14. The van der Waals surface area contributed by atoms with Crippen LogP contribution in [0.15, 0.2) is 76.1 Å². The van der Waals surface area contributed by atoms with Crippen molar-refractivity contribution in [1.29, 1.82) is 0 Å². The number of para-hydroxylation sites is 1. The maximum absolute atomic E-state index is 12.9. The topological polar surface area (TPSA) is 37.4 Å². The Balaban J connectivity index is 2.51. The third-order valence-corrected chi connectivity index (χ3v) is 5.13. The molecule has 0 spiro atoms. The van der Waals surface area contributed by atoms with Crippen molar-refractivity contribution in [3.8, 4) is 0 Å². The predicted octanol–water partition coefficient (Wildman–Crippen LogP) is 4.08. The van der Waals surface area contributed by atoms with Gasteiger partial charge in [-0.25, -0.2) is 8.51 Å². The summed E-state index contributed by atoms with van der Waals surface area (Å²) in [5.74, 6) is -0.365. The Kier molecular flexibility index (Phi) is 5.09. The third-order valence-electron chi connectivity index (χ3n) is 2.73. The second-order valence-electron chi connectivity index (χ2n) is 4.39. The summed E-state index contributed by atoms with van der Waals surface area (Å²) in [6.45, 7) is 5.27. The lowest BCUT2D eigenvalue weighted by atomic mass is 10.3. The van der Waals surface area contributed by atoms with Crippen molar-refractivity contribution in [2.75, 3.05) is 4.31 Å². The van der Waals surface area contributed by atoms with E-state index in [1.54, 1.807) is 49.4 Å². The Bertz CT molecular complexity index is 700. The molecule has 2 rings (SSSR count). The summed E-state index contributed by atoms with van der Waals surface area (Å²) in [5, 5.41) is 0. The number of nitrogens with zero attached hydrogens (tertiary/aromatic N) is 1. The summed E-state index contributed by atoms with van der Waals surface area (Å²) >= 11 is 3.37. The average Bonchev–Trinajstić information content (AvgIpc) is 2.48. The van der Waals surface area contributed by atoms with Gasteiger partial charge in [0.25, 0.3) is 5.91 Å². The van der Waals surface area contributed by atoms with Gasteiger partial charge in [0.1, 0.15) is 0 Å². The zero-order chi connectivity index (χ0) is 15.4. The van der Waals surface area contributed by atoms with Crippen molar-refractivity contribution in [3.05, 3.63) is 71.2 Å². The molecule has 0 aliphatic heterocycles. The van der Waals surface area contributed by atoms with Crippen molar-refractivity contribution in [2.45, 2.75) is 11.8 Å². The largest absolute Gasteiger partial charge is 0.268 e. The fourth-order valence-electron chi connectivity index (χ4n) is 1.71. The monoisotopic (exact) mass is 363 g/mol. The lowest BCUT2D eigenvalue weighted by molar-refractivity contribution is -0.113. The number of hydrogen-bond donors (Lipinski definition) is 0. The molecular formula is C16H14BrNO2S. The van der Waals surface area contributed by atoms with Gasteiger partial charge in [-0.15, -0.1) is 0 Å². The van der Waals surface area contributed by atoms with Gasteiger partial charge in [-0.1, -0.05) is 36.9 Å². The molecule has 0 aromatic heterocycles. The van der Waals surface area contributed by atoms with Crippen molar-refractivity contribution >= 4 is 38.5 Å². The Hall–Kier alpha value is -1.72. The van der Waals surface area contributed by atoms with E-state index in [1.807, 2.05) is 12.1 Å². The molecule has 2 aromatic rings. The zero-order valence-electron chi connectivity index (χ0n) is 11.5. The number of halogens is 1. The fourth-order valence-corrected chi connectivity index (χ4v) is 3.66. The molecule has 0 unspecified atom stereocenters. The van der Waals surface area contributed by atoms with Gasteiger partial charge in [0.15, 0.2) is 11.0 Å². The highest BCUT2D eigenvalue weighted by atomic mass is 79.9. The summed E-state index contributed by atoms with van der Waals surface area (Å²) < 4.78 is 14.8. The minimum atomic E-state index is -1.66. The molecule has 0 aliphatic rings. The van der Waals surface area contributed by atoms with Crippen LogP contribution in [0.4, 0.5) is 5.69 Å². The first-order chi connectivity index (χ1) is 10.0. The van der Waals surface area contributed by atoms with Crippen LogP contribution in [0.3, 0.4) is 0 Å². The molecule has 1 atom stereocenters. The highest BCUT2D eigenvalue weighted by Crippen LogP contribution is 2.26. The maximum Gasteiger partial charge on any atom is 0.265 e. The smallest absolute Gasteiger partial charge is 0.265 e.